The molecule has 4 N–H and O–H groups in total. The zero-order valence-corrected chi connectivity index (χ0v) is 20.3. The molecule has 0 unspecified atom stereocenters. The summed E-state index contributed by atoms with van der Waals surface area (Å²) in [6.45, 7) is 3.23. The first-order valence-electron chi connectivity index (χ1n) is 11.3. The van der Waals surface area contributed by atoms with E-state index in [0.717, 1.165) is 55.6 Å². The van der Waals surface area contributed by atoms with Crippen LogP contribution in [-0.2, 0) is 11.3 Å². The molecule has 7 nitrogen and oxygen atoms in total. The molecule has 1 heterocycles. The zero-order chi connectivity index (χ0) is 23.2. The van der Waals surface area contributed by atoms with Gasteiger partial charge in [0.25, 0.3) is 0 Å². The number of hydrogen-bond donors (Lipinski definition) is 3. The Balaban J connectivity index is 0.000000467. The number of nitrogens with two attached hydrogens (primary N) is 1. The Hall–Kier alpha value is -2.90. The van der Waals surface area contributed by atoms with Gasteiger partial charge >= 0.3 is 5.97 Å². The number of hydrogen-bond acceptors (Lipinski definition) is 4. The third-order valence-corrected chi connectivity index (χ3v) is 4.95. The van der Waals surface area contributed by atoms with Crippen molar-refractivity contribution in [3.05, 3.63) is 67.6 Å². The molecule has 33 heavy (non-hydrogen) atoms. The molecule has 0 saturated heterocycles. The van der Waals surface area contributed by atoms with Crippen molar-refractivity contribution < 1.29 is 19.5 Å². The van der Waals surface area contributed by atoms with Crippen LogP contribution in [0.25, 0.3) is 10.9 Å². The minimum absolute atomic E-state index is 0. The van der Waals surface area contributed by atoms with Crippen molar-refractivity contribution in [1.82, 2.24) is 9.78 Å². The first-order valence-corrected chi connectivity index (χ1v) is 11.3. The van der Waals surface area contributed by atoms with Gasteiger partial charge in [-0.1, -0.05) is 48.9 Å². The Labute approximate surface area is 198 Å². The van der Waals surface area contributed by atoms with Gasteiger partial charge in [-0.15, -0.1) is 5.10 Å². The van der Waals surface area contributed by atoms with E-state index < -0.39 is 5.97 Å². The molecule has 3 aromatic rings. The van der Waals surface area contributed by atoms with Gasteiger partial charge in [0, 0.05) is 12.8 Å². The SMILES string of the molecule is C[NH+](C)CCCOc1nn(Cc2ccccc2)c2ccccc12.NCCCCCC(=O)O.[CH3-]. The molecule has 0 atom stereocenters. The number of aromatic nitrogens is 2. The predicted molar refractivity (Wildman–Crippen MR) is 135 cm³/mol. The summed E-state index contributed by atoms with van der Waals surface area (Å²) in [6, 6.07) is 18.7. The van der Waals surface area contributed by atoms with Gasteiger partial charge in [-0.2, -0.15) is 0 Å². The molecule has 0 bridgehead atoms. The van der Waals surface area contributed by atoms with Crippen molar-refractivity contribution in [2.45, 2.75) is 38.6 Å². The van der Waals surface area contributed by atoms with E-state index in [1.165, 1.54) is 10.5 Å². The number of ether oxygens (including phenoxy) is 1. The molecule has 0 amide bonds. The number of benzene rings is 2. The Morgan fingerprint density at radius 3 is 2.39 bits per heavy atom. The summed E-state index contributed by atoms with van der Waals surface area (Å²) in [7, 11) is 4.31. The Kier molecular flexibility index (Phi) is 13.5. The van der Waals surface area contributed by atoms with E-state index in [0.29, 0.717) is 13.2 Å². The van der Waals surface area contributed by atoms with Crippen LogP contribution in [0, 0.1) is 7.43 Å². The number of quaternary nitrogens is 1. The van der Waals surface area contributed by atoms with Crippen molar-refractivity contribution in [1.29, 1.82) is 0 Å². The van der Waals surface area contributed by atoms with Gasteiger partial charge in [-0.25, -0.2) is 0 Å². The molecule has 0 aliphatic rings. The van der Waals surface area contributed by atoms with E-state index in [-0.39, 0.29) is 13.8 Å². The van der Waals surface area contributed by atoms with E-state index >= 15 is 0 Å². The fourth-order valence-electron chi connectivity index (χ4n) is 3.27. The largest absolute Gasteiger partial charge is 0.481 e. The average Bonchev–Trinajstić information content (AvgIpc) is 3.13. The third kappa shape index (κ3) is 10.5. The molecular weight excluding hydrogens is 416 g/mol. The molecular formula is C26H40N4O3. The smallest absolute Gasteiger partial charge is 0.303 e. The summed E-state index contributed by atoms with van der Waals surface area (Å²) < 4.78 is 7.97. The van der Waals surface area contributed by atoms with Gasteiger partial charge in [-0.3, -0.25) is 9.48 Å². The van der Waals surface area contributed by atoms with E-state index in [1.807, 2.05) is 22.9 Å². The van der Waals surface area contributed by atoms with E-state index in [1.54, 1.807) is 0 Å². The summed E-state index contributed by atoms with van der Waals surface area (Å²) in [6.07, 6.45) is 3.94. The van der Waals surface area contributed by atoms with Crippen LogP contribution < -0.4 is 15.4 Å². The van der Waals surface area contributed by atoms with Crippen LogP contribution in [-0.4, -0.2) is 54.6 Å². The number of nitrogens with one attached hydrogen (secondary N) is 1. The van der Waals surface area contributed by atoms with Crippen LogP contribution in [0.4, 0.5) is 0 Å². The van der Waals surface area contributed by atoms with Crippen LogP contribution in [0.15, 0.2) is 54.6 Å². The molecule has 3 rings (SSSR count). The number of rotatable bonds is 12. The lowest BCUT2D eigenvalue weighted by Crippen LogP contribution is -3.05. The summed E-state index contributed by atoms with van der Waals surface area (Å²) >= 11 is 0. The quantitative estimate of drug-likeness (QED) is 0.288. The second kappa shape index (κ2) is 15.8. The first-order chi connectivity index (χ1) is 15.5. The highest BCUT2D eigenvalue weighted by Crippen LogP contribution is 2.25. The number of carboxylic acids is 1. The average molecular weight is 457 g/mol. The standard InChI is InChI=1S/C19H23N3O.C6H13NO2.CH3/c1-21(2)13-8-14-23-19-17-11-6-7-12-18(17)22(20-19)15-16-9-4-3-5-10-16;7-5-3-1-2-4-6(8)9;/h3-7,9-12H,8,13-15H2,1-2H3;1-5,7H2,(H,8,9);1H3/q;;-1/p+1. The number of unbranched alkanes of at least 4 members (excludes halogenated alkanes) is 2. The maximum Gasteiger partial charge on any atom is 0.303 e. The fraction of sp³-hybridized carbons (Fsp3) is 0.423. The molecule has 0 saturated carbocycles. The van der Waals surface area contributed by atoms with Crippen molar-refractivity contribution in [2.24, 2.45) is 5.73 Å². The van der Waals surface area contributed by atoms with E-state index in [4.69, 9.17) is 15.6 Å². The minimum atomic E-state index is -0.716. The van der Waals surface area contributed by atoms with E-state index in [2.05, 4.69) is 55.6 Å². The van der Waals surface area contributed by atoms with Crippen LogP contribution >= 0.6 is 0 Å². The number of nitrogens with zero attached hydrogens (tertiary/aromatic N) is 2. The summed E-state index contributed by atoms with van der Waals surface area (Å²) in [5.41, 5.74) is 7.55. The number of para-hydroxylation sites is 1. The molecule has 0 spiro atoms. The predicted octanol–water partition coefficient (Wildman–Crippen LogP) is 3.04. The van der Waals surface area contributed by atoms with Crippen molar-refractivity contribution in [2.75, 3.05) is 33.8 Å². The molecule has 1 aromatic heterocycles. The lowest BCUT2D eigenvalue weighted by Gasteiger charge is -2.07. The Bertz CT molecular complexity index is 926. The number of carboxylic acid groups (broad SMARTS) is 1. The van der Waals surface area contributed by atoms with Gasteiger partial charge in [0.1, 0.15) is 0 Å². The third-order valence-electron chi connectivity index (χ3n) is 4.95. The Morgan fingerprint density at radius 1 is 1.03 bits per heavy atom. The highest BCUT2D eigenvalue weighted by atomic mass is 16.5. The van der Waals surface area contributed by atoms with Crippen LogP contribution in [0.1, 0.15) is 37.7 Å². The first kappa shape index (κ1) is 28.1. The number of fused-ring (bicyclic) bond motifs is 1. The highest BCUT2D eigenvalue weighted by molar-refractivity contribution is 5.84. The normalized spacial score (nSPS) is 10.4. The maximum absolute atomic E-state index is 9.93. The van der Waals surface area contributed by atoms with Crippen LogP contribution in [0.5, 0.6) is 5.88 Å². The fourth-order valence-corrected chi connectivity index (χ4v) is 3.27. The lowest BCUT2D eigenvalue weighted by atomic mass is 10.2. The topological polar surface area (TPSA) is 94.8 Å². The van der Waals surface area contributed by atoms with Crippen LogP contribution in [0.3, 0.4) is 0 Å². The lowest BCUT2D eigenvalue weighted by molar-refractivity contribution is -0.858. The second-order valence-corrected chi connectivity index (χ2v) is 8.12. The molecule has 0 aliphatic carbocycles. The van der Waals surface area contributed by atoms with Gasteiger partial charge in [-0.05, 0) is 37.1 Å². The van der Waals surface area contributed by atoms with Crippen molar-refractivity contribution >= 4 is 16.9 Å². The molecule has 182 valence electrons. The minimum Gasteiger partial charge on any atom is -0.481 e. The van der Waals surface area contributed by atoms with Gasteiger partial charge in [0.05, 0.1) is 44.7 Å². The molecule has 7 heteroatoms. The molecule has 0 radical (unpaired) electrons. The zero-order valence-electron chi connectivity index (χ0n) is 20.3. The molecule has 0 aliphatic heterocycles. The van der Waals surface area contributed by atoms with Crippen molar-refractivity contribution in [3.63, 3.8) is 0 Å². The summed E-state index contributed by atoms with van der Waals surface area (Å²) in [5.74, 6) is 0.0253. The second-order valence-electron chi connectivity index (χ2n) is 8.12. The molecule has 2 aromatic carbocycles. The summed E-state index contributed by atoms with van der Waals surface area (Å²) in [5, 5.41) is 14.0. The maximum atomic E-state index is 9.93. The van der Waals surface area contributed by atoms with Gasteiger partial charge < -0.3 is 27.9 Å². The highest BCUT2D eigenvalue weighted by Gasteiger charge is 2.11. The van der Waals surface area contributed by atoms with E-state index in [9.17, 15) is 4.79 Å². The van der Waals surface area contributed by atoms with Gasteiger partial charge in [0.15, 0.2) is 0 Å². The monoisotopic (exact) mass is 456 g/mol. The van der Waals surface area contributed by atoms with Crippen molar-refractivity contribution in [3.8, 4) is 5.88 Å². The van der Waals surface area contributed by atoms with Crippen LogP contribution in [0.2, 0.25) is 0 Å². The molecule has 0 fully saturated rings. The number of carbonyl (C=O) groups is 1. The summed E-state index contributed by atoms with van der Waals surface area (Å²) in [4.78, 5) is 11.4. The Morgan fingerprint density at radius 2 is 1.73 bits per heavy atom. The number of aliphatic carboxylic acids is 1. The van der Waals surface area contributed by atoms with Gasteiger partial charge in [0.2, 0.25) is 5.88 Å².